The summed E-state index contributed by atoms with van der Waals surface area (Å²) in [7, 11) is 0. The van der Waals surface area contributed by atoms with Crippen molar-refractivity contribution in [2.75, 3.05) is 5.43 Å². The summed E-state index contributed by atoms with van der Waals surface area (Å²) in [6, 6.07) is 10.1. The molecule has 1 N–H and O–H groups in total. The van der Waals surface area contributed by atoms with Crippen molar-refractivity contribution in [3.05, 3.63) is 42.1 Å². The largest absolute Gasteiger partial charge is 0.276 e. The first kappa shape index (κ1) is 8.17. The van der Waals surface area contributed by atoms with Crippen molar-refractivity contribution in [3.8, 4) is 0 Å². The number of allylic oxidation sites excluding steroid dienone is 1. The molecule has 0 bridgehead atoms. The molecular formula is C12H9N3. The number of fused-ring (bicyclic) bond motifs is 2. The van der Waals surface area contributed by atoms with Crippen LogP contribution in [-0.4, -0.2) is 11.2 Å². The Morgan fingerprint density at radius 2 is 2.07 bits per heavy atom. The lowest BCUT2D eigenvalue weighted by Gasteiger charge is -2.05. The van der Waals surface area contributed by atoms with E-state index in [-0.39, 0.29) is 0 Å². The van der Waals surface area contributed by atoms with Gasteiger partial charge in [-0.1, -0.05) is 18.2 Å². The van der Waals surface area contributed by atoms with Gasteiger partial charge in [-0.3, -0.25) is 5.43 Å². The Morgan fingerprint density at radius 1 is 1.13 bits per heavy atom. The Hall–Kier alpha value is -2.16. The number of hydrazone groups is 1. The van der Waals surface area contributed by atoms with Gasteiger partial charge in [0.15, 0.2) is 0 Å². The molecule has 3 nitrogen and oxygen atoms in total. The van der Waals surface area contributed by atoms with Crippen LogP contribution in [0.5, 0.6) is 0 Å². The molecule has 3 heteroatoms. The maximum absolute atomic E-state index is 4.55. The van der Waals surface area contributed by atoms with Crippen molar-refractivity contribution >= 4 is 28.9 Å². The van der Waals surface area contributed by atoms with Crippen LogP contribution in [0.2, 0.25) is 0 Å². The van der Waals surface area contributed by atoms with Crippen molar-refractivity contribution in [2.24, 2.45) is 5.10 Å². The molecule has 0 atom stereocenters. The molecule has 1 aromatic carbocycles. The minimum atomic E-state index is 0.922. The van der Waals surface area contributed by atoms with Gasteiger partial charge in [0.25, 0.3) is 0 Å². The summed E-state index contributed by atoms with van der Waals surface area (Å²) in [5.41, 5.74) is 5.83. The zero-order valence-corrected chi connectivity index (χ0v) is 8.01. The Labute approximate surface area is 87.1 Å². The first-order chi connectivity index (χ1) is 7.43. The van der Waals surface area contributed by atoms with Gasteiger partial charge in [0.05, 0.1) is 16.9 Å². The summed E-state index contributed by atoms with van der Waals surface area (Å²) in [4.78, 5) is 4.55. The van der Waals surface area contributed by atoms with Crippen molar-refractivity contribution < 1.29 is 0 Å². The number of rotatable bonds is 0. The fraction of sp³-hybridized carbons (Fsp3) is 0. The Morgan fingerprint density at radius 3 is 3.07 bits per heavy atom. The van der Waals surface area contributed by atoms with E-state index in [0.717, 1.165) is 22.3 Å². The predicted octanol–water partition coefficient (Wildman–Crippen LogP) is 2.66. The van der Waals surface area contributed by atoms with Gasteiger partial charge in [-0.2, -0.15) is 5.10 Å². The van der Waals surface area contributed by atoms with Crippen LogP contribution in [-0.2, 0) is 0 Å². The van der Waals surface area contributed by atoms with Crippen molar-refractivity contribution in [1.82, 2.24) is 4.98 Å². The van der Waals surface area contributed by atoms with E-state index in [1.54, 1.807) is 6.21 Å². The molecule has 3 rings (SSSR count). The molecule has 0 fully saturated rings. The number of nitrogens with one attached hydrogen (secondary N) is 1. The third kappa shape index (κ3) is 1.38. The van der Waals surface area contributed by atoms with Crippen LogP contribution >= 0.6 is 0 Å². The molecule has 1 aliphatic rings. The molecule has 0 aliphatic carbocycles. The maximum Gasteiger partial charge on any atom is 0.0888 e. The second kappa shape index (κ2) is 3.20. The van der Waals surface area contributed by atoms with Crippen molar-refractivity contribution in [2.45, 2.75) is 0 Å². The molecular weight excluding hydrogens is 186 g/mol. The minimum absolute atomic E-state index is 0.922. The lowest BCUT2D eigenvalue weighted by molar-refractivity contribution is 1.30. The number of anilines is 1. The topological polar surface area (TPSA) is 37.3 Å². The summed E-state index contributed by atoms with van der Waals surface area (Å²) in [5.74, 6) is 0. The van der Waals surface area contributed by atoms with Crippen LogP contribution in [0.4, 0.5) is 5.69 Å². The van der Waals surface area contributed by atoms with E-state index in [0.29, 0.717) is 0 Å². The van der Waals surface area contributed by atoms with Gasteiger partial charge in [-0.15, -0.1) is 0 Å². The second-order valence-corrected chi connectivity index (χ2v) is 3.36. The van der Waals surface area contributed by atoms with E-state index in [2.05, 4.69) is 21.6 Å². The molecule has 72 valence electrons. The SMILES string of the molecule is C1=Cc2nc3ccccc3cc2NN=C1. The first-order valence-electron chi connectivity index (χ1n) is 4.79. The Balaban J connectivity index is 2.31. The number of pyridine rings is 1. The van der Waals surface area contributed by atoms with Crippen LogP contribution in [0.15, 0.2) is 41.5 Å². The number of benzene rings is 1. The standard InChI is InChI=1S/C12H9N3/c1-2-5-10-9(4-1)8-12-11(14-10)6-3-7-13-15-12/h1-8,15H. The lowest BCUT2D eigenvalue weighted by atomic mass is 10.1. The molecule has 0 saturated heterocycles. The van der Waals surface area contributed by atoms with Crippen LogP contribution in [0, 0.1) is 0 Å². The number of hydrogen-bond acceptors (Lipinski definition) is 3. The number of nitrogens with zero attached hydrogens (tertiary/aromatic N) is 2. The second-order valence-electron chi connectivity index (χ2n) is 3.36. The third-order valence-electron chi connectivity index (χ3n) is 2.35. The molecule has 15 heavy (non-hydrogen) atoms. The number of para-hydroxylation sites is 1. The summed E-state index contributed by atoms with van der Waals surface area (Å²) in [6.07, 6.45) is 5.54. The van der Waals surface area contributed by atoms with Crippen molar-refractivity contribution in [1.29, 1.82) is 0 Å². The first-order valence-corrected chi connectivity index (χ1v) is 4.79. The van der Waals surface area contributed by atoms with Gasteiger partial charge >= 0.3 is 0 Å². The van der Waals surface area contributed by atoms with E-state index in [4.69, 9.17) is 0 Å². The van der Waals surface area contributed by atoms with Gasteiger partial charge in [0.1, 0.15) is 0 Å². The Kier molecular flexibility index (Phi) is 1.75. The smallest absolute Gasteiger partial charge is 0.0888 e. The van der Waals surface area contributed by atoms with E-state index in [9.17, 15) is 0 Å². The van der Waals surface area contributed by atoms with Crippen LogP contribution < -0.4 is 5.43 Å². The highest BCUT2D eigenvalue weighted by Gasteiger charge is 2.04. The third-order valence-corrected chi connectivity index (χ3v) is 2.35. The minimum Gasteiger partial charge on any atom is -0.276 e. The lowest BCUT2D eigenvalue weighted by Crippen LogP contribution is -1.93. The molecule has 0 spiro atoms. The van der Waals surface area contributed by atoms with E-state index < -0.39 is 0 Å². The molecule has 2 heterocycles. The molecule has 0 unspecified atom stereocenters. The highest BCUT2D eigenvalue weighted by molar-refractivity contribution is 5.89. The highest BCUT2D eigenvalue weighted by Crippen LogP contribution is 2.22. The molecule has 0 saturated carbocycles. The van der Waals surface area contributed by atoms with Crippen LogP contribution in [0.25, 0.3) is 17.0 Å². The summed E-state index contributed by atoms with van der Waals surface area (Å²) in [6.45, 7) is 0. The van der Waals surface area contributed by atoms with Gasteiger partial charge in [0.2, 0.25) is 0 Å². The fourth-order valence-corrected chi connectivity index (χ4v) is 1.63. The van der Waals surface area contributed by atoms with Gasteiger partial charge in [-0.05, 0) is 24.3 Å². The quantitative estimate of drug-likeness (QED) is 0.701. The molecule has 0 radical (unpaired) electrons. The Bertz CT molecular complexity index is 570. The average Bonchev–Trinajstić information content (AvgIpc) is 2.50. The van der Waals surface area contributed by atoms with Crippen molar-refractivity contribution in [3.63, 3.8) is 0 Å². The molecule has 1 aliphatic heterocycles. The van der Waals surface area contributed by atoms with Gasteiger partial charge in [0, 0.05) is 11.6 Å². The van der Waals surface area contributed by atoms with Gasteiger partial charge in [-0.25, -0.2) is 4.98 Å². The monoisotopic (exact) mass is 195 g/mol. The summed E-state index contributed by atoms with van der Waals surface area (Å²) in [5, 5.41) is 5.14. The van der Waals surface area contributed by atoms with Gasteiger partial charge < -0.3 is 0 Å². The normalized spacial score (nSPS) is 13.3. The fourth-order valence-electron chi connectivity index (χ4n) is 1.63. The molecule has 2 aromatic rings. The summed E-state index contributed by atoms with van der Waals surface area (Å²) >= 11 is 0. The molecule has 1 aromatic heterocycles. The zero-order valence-electron chi connectivity index (χ0n) is 8.01. The van der Waals surface area contributed by atoms with E-state index in [1.807, 2.05) is 36.4 Å². The maximum atomic E-state index is 4.55. The van der Waals surface area contributed by atoms with Crippen LogP contribution in [0.1, 0.15) is 5.69 Å². The highest BCUT2D eigenvalue weighted by atomic mass is 15.3. The predicted molar refractivity (Wildman–Crippen MR) is 62.9 cm³/mol. The van der Waals surface area contributed by atoms with Crippen LogP contribution in [0.3, 0.4) is 0 Å². The molecule has 0 amide bonds. The number of aromatic nitrogens is 1. The average molecular weight is 195 g/mol. The number of hydrogen-bond donors (Lipinski definition) is 1. The summed E-state index contributed by atoms with van der Waals surface area (Å²) < 4.78 is 0. The van der Waals surface area contributed by atoms with E-state index >= 15 is 0 Å². The van der Waals surface area contributed by atoms with E-state index in [1.165, 1.54) is 0 Å². The zero-order chi connectivity index (χ0) is 10.1.